The van der Waals surface area contributed by atoms with Gasteiger partial charge in [-0.2, -0.15) is 8.42 Å². The van der Waals surface area contributed by atoms with E-state index in [4.69, 9.17) is 0 Å². The Morgan fingerprint density at radius 1 is 1.12 bits per heavy atom. The van der Waals surface area contributed by atoms with E-state index in [0.29, 0.717) is 4.80 Å². The highest BCUT2D eigenvalue weighted by Crippen LogP contribution is 2.20. The minimum absolute atomic E-state index is 0.221. The molecule has 0 fully saturated rings. The van der Waals surface area contributed by atoms with E-state index in [1.807, 2.05) is 24.6 Å². The molecule has 0 saturated carbocycles. The van der Waals surface area contributed by atoms with Crippen molar-refractivity contribution >= 4 is 31.6 Å². The monoisotopic (exact) mass is 374 g/mol. The third-order valence-corrected chi connectivity index (χ3v) is 6.70. The van der Waals surface area contributed by atoms with E-state index in [9.17, 15) is 8.42 Å². The number of hydrogen-bond acceptors (Lipinski definition) is 3. The van der Waals surface area contributed by atoms with Crippen LogP contribution in [0.15, 0.2) is 51.8 Å². The molecule has 0 bridgehead atoms. The molecule has 0 atom stereocenters. The highest BCUT2D eigenvalue weighted by molar-refractivity contribution is 7.90. The summed E-state index contributed by atoms with van der Waals surface area (Å²) in [7, 11) is -1.85. The van der Waals surface area contributed by atoms with Gasteiger partial charge in [0.15, 0.2) is 0 Å². The molecule has 25 heavy (non-hydrogen) atoms. The second-order valence-electron chi connectivity index (χ2n) is 6.23. The van der Waals surface area contributed by atoms with Crippen LogP contribution >= 0.6 is 11.3 Å². The van der Waals surface area contributed by atoms with Gasteiger partial charge in [0.1, 0.15) is 0 Å². The zero-order valence-electron chi connectivity index (χ0n) is 14.7. The second-order valence-corrected chi connectivity index (χ2v) is 8.84. The summed E-state index contributed by atoms with van der Waals surface area (Å²) in [4.78, 5) is 0.711. The van der Waals surface area contributed by atoms with Crippen LogP contribution in [0.1, 0.15) is 30.9 Å². The van der Waals surface area contributed by atoms with Crippen molar-refractivity contribution in [2.75, 3.05) is 0 Å². The molecular formula is C19H22N2O2S2. The molecule has 132 valence electrons. The standard InChI is InChI=1S/C19H22N2O2S2/c1-4-5-6-15-9-12-17-18(13-15)24-19(21(17)3)20-25(22,23)16-10-7-14(2)8-11-16/h7-13H,4-6H2,1-3H3/b20-19-. The Morgan fingerprint density at radius 2 is 1.84 bits per heavy atom. The highest BCUT2D eigenvalue weighted by atomic mass is 32.2. The second kappa shape index (κ2) is 7.14. The van der Waals surface area contributed by atoms with Crippen LogP contribution in [0.2, 0.25) is 0 Å². The number of sulfonamides is 1. The fourth-order valence-electron chi connectivity index (χ4n) is 2.67. The molecule has 0 N–H and O–H groups in total. The molecule has 3 rings (SSSR count). The van der Waals surface area contributed by atoms with Gasteiger partial charge in [0.05, 0.1) is 15.1 Å². The SMILES string of the molecule is CCCCc1ccc2c(c1)s/c(=N\S(=O)(=O)c1ccc(C)cc1)n2C. The molecule has 1 heterocycles. The normalized spacial score (nSPS) is 12.8. The number of fused-ring (bicyclic) bond motifs is 1. The first-order valence-corrected chi connectivity index (χ1v) is 10.6. The molecule has 0 aliphatic carbocycles. The summed E-state index contributed by atoms with van der Waals surface area (Å²) in [6.07, 6.45) is 3.36. The van der Waals surface area contributed by atoms with Crippen molar-refractivity contribution in [3.05, 3.63) is 58.4 Å². The largest absolute Gasteiger partial charge is 0.319 e. The fourth-order valence-corrected chi connectivity index (χ4v) is 4.98. The van der Waals surface area contributed by atoms with Crippen molar-refractivity contribution in [3.8, 4) is 0 Å². The maximum absolute atomic E-state index is 12.6. The van der Waals surface area contributed by atoms with Gasteiger partial charge < -0.3 is 4.57 Å². The third kappa shape index (κ3) is 3.85. The molecule has 1 aromatic heterocycles. The van der Waals surface area contributed by atoms with Crippen LogP contribution in [0.4, 0.5) is 0 Å². The van der Waals surface area contributed by atoms with Crippen LogP contribution in [0.5, 0.6) is 0 Å². The number of thiazole rings is 1. The molecule has 3 aromatic rings. The lowest BCUT2D eigenvalue weighted by atomic mass is 10.1. The van der Waals surface area contributed by atoms with Gasteiger partial charge in [-0.05, 0) is 49.6 Å². The van der Waals surface area contributed by atoms with Gasteiger partial charge in [0, 0.05) is 7.05 Å². The predicted octanol–water partition coefficient (Wildman–Crippen LogP) is 4.18. The number of unbranched alkanes of at least 4 members (excludes halogenated alkanes) is 1. The van der Waals surface area contributed by atoms with Crippen LogP contribution < -0.4 is 4.80 Å². The molecule has 0 aliphatic rings. The number of hydrogen-bond donors (Lipinski definition) is 0. The van der Waals surface area contributed by atoms with Crippen LogP contribution in [-0.2, 0) is 23.5 Å². The van der Waals surface area contributed by atoms with E-state index < -0.39 is 10.0 Å². The maximum atomic E-state index is 12.6. The highest BCUT2D eigenvalue weighted by Gasteiger charge is 2.13. The van der Waals surface area contributed by atoms with E-state index in [1.165, 1.54) is 16.9 Å². The lowest BCUT2D eigenvalue weighted by Crippen LogP contribution is -2.13. The van der Waals surface area contributed by atoms with Crippen LogP contribution in [0, 0.1) is 6.92 Å². The number of nitrogens with zero attached hydrogens (tertiary/aromatic N) is 2. The van der Waals surface area contributed by atoms with E-state index in [-0.39, 0.29) is 4.90 Å². The molecule has 0 amide bonds. The van der Waals surface area contributed by atoms with Crippen molar-refractivity contribution in [3.63, 3.8) is 0 Å². The van der Waals surface area contributed by atoms with Crippen molar-refractivity contribution in [1.29, 1.82) is 0 Å². The minimum Gasteiger partial charge on any atom is -0.319 e. The van der Waals surface area contributed by atoms with Gasteiger partial charge in [0.2, 0.25) is 4.80 Å². The lowest BCUT2D eigenvalue weighted by molar-refractivity contribution is 0.596. The van der Waals surface area contributed by atoms with E-state index in [0.717, 1.165) is 35.0 Å². The Kier molecular flexibility index (Phi) is 5.11. The third-order valence-electron chi connectivity index (χ3n) is 4.21. The van der Waals surface area contributed by atoms with Crippen LogP contribution in [0.25, 0.3) is 10.2 Å². The van der Waals surface area contributed by atoms with Crippen LogP contribution in [0.3, 0.4) is 0 Å². The first-order valence-electron chi connectivity index (χ1n) is 8.37. The summed E-state index contributed by atoms with van der Waals surface area (Å²) in [5.41, 5.74) is 3.30. The number of aryl methyl sites for hydroxylation is 3. The van der Waals surface area contributed by atoms with Crippen molar-refractivity contribution in [2.24, 2.45) is 11.4 Å². The number of rotatable bonds is 5. The number of aromatic nitrogens is 1. The molecule has 0 spiro atoms. The predicted molar refractivity (Wildman–Crippen MR) is 103 cm³/mol. The smallest absolute Gasteiger partial charge is 0.285 e. The Bertz CT molecular complexity index is 1060. The van der Waals surface area contributed by atoms with Crippen LogP contribution in [-0.4, -0.2) is 13.0 Å². The molecule has 4 nitrogen and oxygen atoms in total. The summed E-state index contributed by atoms with van der Waals surface area (Å²) in [6, 6.07) is 13.1. The molecule has 2 aromatic carbocycles. The zero-order valence-corrected chi connectivity index (χ0v) is 16.3. The van der Waals surface area contributed by atoms with Gasteiger partial charge in [0.25, 0.3) is 10.0 Å². The van der Waals surface area contributed by atoms with E-state index in [1.54, 1.807) is 24.3 Å². The number of benzene rings is 2. The zero-order chi connectivity index (χ0) is 18.0. The Morgan fingerprint density at radius 3 is 2.52 bits per heavy atom. The average Bonchev–Trinajstić information content (AvgIpc) is 2.88. The Hall–Kier alpha value is -1.92. The topological polar surface area (TPSA) is 51.4 Å². The summed E-state index contributed by atoms with van der Waals surface area (Å²) >= 11 is 1.41. The summed E-state index contributed by atoms with van der Waals surface area (Å²) in [5.74, 6) is 0. The summed E-state index contributed by atoms with van der Waals surface area (Å²) in [5, 5.41) is 0. The maximum Gasteiger partial charge on any atom is 0.285 e. The van der Waals surface area contributed by atoms with Crippen molar-refractivity contribution < 1.29 is 8.42 Å². The quantitative estimate of drug-likeness (QED) is 0.673. The van der Waals surface area contributed by atoms with E-state index >= 15 is 0 Å². The van der Waals surface area contributed by atoms with E-state index in [2.05, 4.69) is 23.5 Å². The van der Waals surface area contributed by atoms with Crippen molar-refractivity contribution in [1.82, 2.24) is 4.57 Å². The molecule has 0 unspecified atom stereocenters. The van der Waals surface area contributed by atoms with Gasteiger partial charge in [-0.1, -0.05) is 48.4 Å². The first-order chi connectivity index (χ1) is 11.9. The van der Waals surface area contributed by atoms with Gasteiger partial charge >= 0.3 is 0 Å². The first kappa shape index (κ1) is 17.9. The van der Waals surface area contributed by atoms with Gasteiger partial charge in [-0.25, -0.2) is 0 Å². The molecular weight excluding hydrogens is 352 g/mol. The summed E-state index contributed by atoms with van der Waals surface area (Å²) < 4.78 is 32.1. The molecule has 0 radical (unpaired) electrons. The van der Waals surface area contributed by atoms with Crippen molar-refractivity contribution in [2.45, 2.75) is 38.0 Å². The average molecular weight is 375 g/mol. The van der Waals surface area contributed by atoms with Gasteiger partial charge in [-0.3, -0.25) is 0 Å². The lowest BCUT2D eigenvalue weighted by Gasteiger charge is -2.01. The fraction of sp³-hybridized carbons (Fsp3) is 0.316. The minimum atomic E-state index is -3.71. The molecule has 6 heteroatoms. The Balaban J connectivity index is 2.06. The van der Waals surface area contributed by atoms with Gasteiger partial charge in [-0.15, -0.1) is 4.40 Å². The summed E-state index contributed by atoms with van der Waals surface area (Å²) in [6.45, 7) is 4.10. The molecule has 0 saturated heterocycles. The molecule has 0 aliphatic heterocycles. The Labute approximate surface area is 152 Å².